The number of piperazine rings is 1. The van der Waals surface area contributed by atoms with E-state index in [9.17, 15) is 16.8 Å². The molecule has 12 heteroatoms. The first kappa shape index (κ1) is 23.4. The minimum atomic E-state index is -3.70. The number of rotatable bonds is 9. The first-order chi connectivity index (χ1) is 14.4. The van der Waals surface area contributed by atoms with Crippen LogP contribution in [0.1, 0.15) is 6.92 Å². The lowest BCUT2D eigenvalue weighted by Gasteiger charge is -2.37. The normalized spacial score (nSPS) is 20.3. The molecule has 30 heavy (non-hydrogen) atoms. The van der Waals surface area contributed by atoms with E-state index in [4.69, 9.17) is 14.2 Å². The van der Waals surface area contributed by atoms with E-state index in [0.29, 0.717) is 51.9 Å². The number of ether oxygens (including phenoxy) is 3. The van der Waals surface area contributed by atoms with Crippen molar-refractivity contribution in [1.82, 2.24) is 12.9 Å². The van der Waals surface area contributed by atoms with Crippen molar-refractivity contribution in [2.45, 2.75) is 11.8 Å². The van der Waals surface area contributed by atoms with Crippen molar-refractivity contribution in [3.05, 3.63) is 24.3 Å². The quantitative estimate of drug-likeness (QED) is 0.474. The number of sulfonamides is 1. The maximum atomic E-state index is 12.9. The van der Waals surface area contributed by atoms with Crippen LogP contribution in [0.25, 0.3) is 0 Å². The Morgan fingerprint density at radius 2 is 1.40 bits per heavy atom. The lowest BCUT2D eigenvalue weighted by atomic mass is 10.3. The summed E-state index contributed by atoms with van der Waals surface area (Å²) in [6, 6.07) is 6.22. The first-order valence-corrected chi connectivity index (χ1v) is 12.8. The van der Waals surface area contributed by atoms with E-state index in [1.807, 2.05) is 6.92 Å². The predicted octanol–water partition coefficient (Wildman–Crippen LogP) is -0.0148. The number of nitrogens with zero attached hydrogens (tertiary/aromatic N) is 3. The van der Waals surface area contributed by atoms with Gasteiger partial charge in [-0.1, -0.05) is 0 Å². The van der Waals surface area contributed by atoms with Crippen LogP contribution in [0.5, 0.6) is 5.75 Å². The van der Waals surface area contributed by atoms with Gasteiger partial charge in [0, 0.05) is 45.9 Å². The van der Waals surface area contributed by atoms with Crippen LogP contribution in [0.4, 0.5) is 0 Å². The van der Waals surface area contributed by atoms with E-state index in [2.05, 4.69) is 0 Å². The highest BCUT2D eigenvalue weighted by molar-refractivity contribution is 7.89. The van der Waals surface area contributed by atoms with E-state index in [1.165, 1.54) is 25.0 Å². The van der Waals surface area contributed by atoms with E-state index in [-0.39, 0.29) is 31.1 Å². The van der Waals surface area contributed by atoms with Gasteiger partial charge in [0.25, 0.3) is 10.2 Å². The van der Waals surface area contributed by atoms with Crippen LogP contribution in [0.15, 0.2) is 29.2 Å². The maximum absolute atomic E-state index is 12.9. The number of benzene rings is 1. The highest BCUT2D eigenvalue weighted by atomic mass is 32.2. The number of morpholine rings is 1. The fraction of sp³-hybridized carbons (Fsp3) is 0.667. The van der Waals surface area contributed by atoms with Gasteiger partial charge in [-0.25, -0.2) is 8.42 Å². The largest absolute Gasteiger partial charge is 0.491 e. The average molecular weight is 464 g/mol. The van der Waals surface area contributed by atoms with Gasteiger partial charge in [0.05, 0.1) is 24.7 Å². The molecule has 0 bridgehead atoms. The Bertz CT molecular complexity index is 877. The summed E-state index contributed by atoms with van der Waals surface area (Å²) in [4.78, 5) is 0.157. The molecule has 1 aromatic carbocycles. The summed E-state index contributed by atoms with van der Waals surface area (Å²) in [5.74, 6) is 0.565. The van der Waals surface area contributed by atoms with Crippen LogP contribution < -0.4 is 4.74 Å². The van der Waals surface area contributed by atoms with Crippen molar-refractivity contribution in [3.63, 3.8) is 0 Å². The Labute approximate surface area is 178 Å². The fourth-order valence-electron chi connectivity index (χ4n) is 3.30. The standard InChI is InChI=1S/C18H29N3O7S2/c1-2-26-15-16-28-17-3-5-18(6-4-17)29(22,23)19-7-9-20(10-8-19)30(24,25)21-11-13-27-14-12-21/h3-6H,2,7-16H2,1H3. The molecule has 0 unspecified atom stereocenters. The van der Waals surface area contributed by atoms with Crippen molar-refractivity contribution in [1.29, 1.82) is 0 Å². The van der Waals surface area contributed by atoms with Crippen molar-refractivity contribution in [2.24, 2.45) is 0 Å². The summed E-state index contributed by atoms with van der Waals surface area (Å²) in [7, 11) is -7.30. The lowest BCUT2D eigenvalue weighted by Crippen LogP contribution is -2.55. The molecule has 2 heterocycles. The Morgan fingerprint density at radius 1 is 0.833 bits per heavy atom. The van der Waals surface area contributed by atoms with Gasteiger partial charge in [0.2, 0.25) is 10.0 Å². The van der Waals surface area contributed by atoms with Gasteiger partial charge < -0.3 is 14.2 Å². The molecule has 0 saturated carbocycles. The Hall–Kier alpha value is -1.28. The van der Waals surface area contributed by atoms with Gasteiger partial charge in [0.15, 0.2) is 0 Å². The summed E-state index contributed by atoms with van der Waals surface area (Å²) < 4.78 is 71.3. The highest BCUT2D eigenvalue weighted by Crippen LogP contribution is 2.22. The van der Waals surface area contributed by atoms with Gasteiger partial charge in [0.1, 0.15) is 12.4 Å². The van der Waals surface area contributed by atoms with Crippen LogP contribution in [0.3, 0.4) is 0 Å². The molecule has 170 valence electrons. The zero-order valence-electron chi connectivity index (χ0n) is 17.1. The van der Waals surface area contributed by atoms with E-state index in [0.717, 1.165) is 0 Å². The molecule has 10 nitrogen and oxygen atoms in total. The molecule has 0 aliphatic carbocycles. The third kappa shape index (κ3) is 5.49. The Kier molecular flexibility index (Phi) is 8.07. The highest BCUT2D eigenvalue weighted by Gasteiger charge is 2.36. The van der Waals surface area contributed by atoms with Crippen molar-refractivity contribution in [2.75, 3.05) is 72.3 Å². The first-order valence-electron chi connectivity index (χ1n) is 9.99. The summed E-state index contributed by atoms with van der Waals surface area (Å²) in [5.41, 5.74) is 0. The smallest absolute Gasteiger partial charge is 0.282 e. The second kappa shape index (κ2) is 10.4. The molecule has 0 atom stereocenters. The number of hydrogen-bond donors (Lipinski definition) is 0. The molecule has 2 aliphatic rings. The topological polar surface area (TPSA) is 106 Å². The summed E-state index contributed by atoms with van der Waals surface area (Å²) in [6.45, 7) is 5.22. The molecular weight excluding hydrogens is 434 g/mol. The van der Waals surface area contributed by atoms with Crippen molar-refractivity contribution >= 4 is 20.2 Å². The third-order valence-corrected chi connectivity index (χ3v) is 8.93. The van der Waals surface area contributed by atoms with Crippen molar-refractivity contribution in [3.8, 4) is 5.75 Å². The zero-order valence-corrected chi connectivity index (χ0v) is 18.7. The second-order valence-electron chi connectivity index (χ2n) is 6.84. The summed E-state index contributed by atoms with van der Waals surface area (Å²) in [6.07, 6.45) is 0. The van der Waals surface area contributed by atoms with Crippen LogP contribution >= 0.6 is 0 Å². The third-order valence-electron chi connectivity index (χ3n) is 4.98. The molecule has 0 amide bonds. The molecule has 0 N–H and O–H groups in total. The fourth-order valence-corrected chi connectivity index (χ4v) is 6.29. The van der Waals surface area contributed by atoms with Gasteiger partial charge in [-0.15, -0.1) is 0 Å². The second-order valence-corrected chi connectivity index (χ2v) is 10.7. The molecule has 0 aromatic heterocycles. The van der Waals surface area contributed by atoms with Gasteiger partial charge >= 0.3 is 0 Å². The minimum Gasteiger partial charge on any atom is -0.491 e. The van der Waals surface area contributed by atoms with E-state index >= 15 is 0 Å². The van der Waals surface area contributed by atoms with Gasteiger partial charge in [-0.05, 0) is 31.2 Å². The molecule has 1 aromatic rings. The Balaban J connectivity index is 1.57. The molecular formula is C18H29N3O7S2. The van der Waals surface area contributed by atoms with Crippen LogP contribution in [-0.2, 0) is 29.7 Å². The lowest BCUT2D eigenvalue weighted by molar-refractivity contribution is 0.0694. The van der Waals surface area contributed by atoms with Crippen molar-refractivity contribution < 1.29 is 31.0 Å². The van der Waals surface area contributed by atoms with E-state index < -0.39 is 20.2 Å². The van der Waals surface area contributed by atoms with Crippen LogP contribution in [0, 0.1) is 0 Å². The van der Waals surface area contributed by atoms with Crippen LogP contribution in [-0.4, -0.2) is 102 Å². The summed E-state index contributed by atoms with van der Waals surface area (Å²) in [5, 5.41) is 0. The SMILES string of the molecule is CCOCCOc1ccc(S(=O)(=O)N2CCN(S(=O)(=O)N3CCOCC3)CC2)cc1. The number of hydrogen-bond acceptors (Lipinski definition) is 7. The predicted molar refractivity (Wildman–Crippen MR) is 110 cm³/mol. The zero-order chi connectivity index (χ0) is 21.6. The molecule has 0 radical (unpaired) electrons. The van der Waals surface area contributed by atoms with Gasteiger partial charge in [-0.3, -0.25) is 0 Å². The van der Waals surface area contributed by atoms with Gasteiger partial charge in [-0.2, -0.15) is 21.3 Å². The molecule has 0 spiro atoms. The maximum Gasteiger partial charge on any atom is 0.282 e. The average Bonchev–Trinajstić information content (AvgIpc) is 2.78. The summed E-state index contributed by atoms with van der Waals surface area (Å²) >= 11 is 0. The minimum absolute atomic E-state index is 0.110. The molecule has 2 saturated heterocycles. The van der Waals surface area contributed by atoms with Crippen LogP contribution in [0.2, 0.25) is 0 Å². The molecule has 3 rings (SSSR count). The molecule has 2 aliphatic heterocycles. The Morgan fingerprint density at radius 3 is 2.00 bits per heavy atom. The van der Waals surface area contributed by atoms with E-state index in [1.54, 1.807) is 12.1 Å². The monoisotopic (exact) mass is 463 g/mol. The molecule has 2 fully saturated rings.